The number of amides is 3. The Kier molecular flexibility index (Phi) is 4.61. The molecule has 0 N–H and O–H groups in total. The van der Waals surface area contributed by atoms with Gasteiger partial charge in [-0.25, -0.2) is 18.1 Å². The van der Waals surface area contributed by atoms with Gasteiger partial charge in [-0.1, -0.05) is 25.1 Å². The number of aromatic nitrogens is 1. The molecule has 34 heavy (non-hydrogen) atoms. The summed E-state index contributed by atoms with van der Waals surface area (Å²) in [4.78, 5) is 33.0. The average molecular weight is 489 g/mol. The number of fused-ring (bicyclic) bond motifs is 1. The molecule has 1 aliphatic heterocycles. The Morgan fingerprint density at radius 3 is 2.26 bits per heavy atom. The third-order valence-electron chi connectivity index (χ3n) is 6.40. The molecule has 176 valence electrons. The van der Waals surface area contributed by atoms with Gasteiger partial charge in [-0.15, -0.1) is 0 Å². The van der Waals surface area contributed by atoms with Crippen molar-refractivity contribution < 1.29 is 31.2 Å². The second-order valence-corrected chi connectivity index (χ2v) is 10.5. The lowest BCUT2D eigenvalue weighted by Crippen LogP contribution is -2.39. The molecule has 2 unspecified atom stereocenters. The third-order valence-corrected chi connectivity index (χ3v) is 7.90. The van der Waals surface area contributed by atoms with E-state index < -0.39 is 37.7 Å². The monoisotopic (exact) mass is 489 g/mol. The molecule has 3 amide bonds. The lowest BCUT2D eigenvalue weighted by Gasteiger charge is -2.24. The number of nitrogens with zero attached hydrogens (tertiary/aromatic N) is 3. The number of anilines is 2. The normalized spacial score (nSPS) is 22.8. The van der Waals surface area contributed by atoms with E-state index in [1.54, 1.807) is 31.2 Å². The van der Waals surface area contributed by atoms with Crippen molar-refractivity contribution >= 4 is 44.1 Å². The smallest absolute Gasteiger partial charge is 0.277 e. The van der Waals surface area contributed by atoms with Crippen molar-refractivity contribution in [3.63, 3.8) is 0 Å². The summed E-state index contributed by atoms with van der Waals surface area (Å²) in [7, 11) is -5.55. The molecule has 1 spiro atoms. The van der Waals surface area contributed by atoms with Gasteiger partial charge in [-0.3, -0.25) is 14.7 Å². The number of halogens is 3. The molecule has 1 aliphatic carbocycles. The zero-order valence-corrected chi connectivity index (χ0v) is 18.8. The maximum Gasteiger partial charge on any atom is 0.501 e. The molecular formula is C23H18F3N3O4S. The molecule has 2 heterocycles. The van der Waals surface area contributed by atoms with Gasteiger partial charge in [0.1, 0.15) is 5.54 Å². The fourth-order valence-corrected chi connectivity index (χ4v) is 5.35. The van der Waals surface area contributed by atoms with E-state index in [0.717, 1.165) is 29.2 Å². The van der Waals surface area contributed by atoms with E-state index >= 15 is 0 Å². The Labute approximate surface area is 192 Å². The number of hydrogen-bond acceptors (Lipinski definition) is 5. The van der Waals surface area contributed by atoms with Crippen LogP contribution in [0.5, 0.6) is 0 Å². The van der Waals surface area contributed by atoms with E-state index in [9.17, 15) is 31.2 Å². The first-order valence-electron chi connectivity index (χ1n) is 10.4. The number of aryl methyl sites for hydroxylation is 1. The fraction of sp³-hybridized carbons (Fsp3) is 0.261. The Hall–Kier alpha value is -3.47. The van der Waals surface area contributed by atoms with E-state index in [0.29, 0.717) is 28.7 Å². The topological polar surface area (TPSA) is 87.7 Å². The standard InChI is InChI=1S/C23H18F3N3O4S/c1-13-12-22(13)20(30)28(15-7-9-16(10-8-15)34(32,33)23(24,25)26)21(31)29(22)19-11-14(2)27-18-6-4-3-5-17(18)19/h3-11,13H,12H2,1-2H3. The summed E-state index contributed by atoms with van der Waals surface area (Å²) in [5.41, 5.74) is -4.77. The number of para-hydroxylation sites is 1. The lowest BCUT2D eigenvalue weighted by molar-refractivity contribution is -0.119. The van der Waals surface area contributed by atoms with Gasteiger partial charge < -0.3 is 0 Å². The van der Waals surface area contributed by atoms with Crippen molar-refractivity contribution in [2.24, 2.45) is 5.92 Å². The summed E-state index contributed by atoms with van der Waals surface area (Å²) < 4.78 is 62.0. The van der Waals surface area contributed by atoms with Gasteiger partial charge in [0, 0.05) is 11.1 Å². The summed E-state index contributed by atoms with van der Waals surface area (Å²) in [6.07, 6.45) is 0.421. The molecule has 3 aromatic rings. The number of pyridine rings is 1. The molecule has 1 saturated heterocycles. The minimum absolute atomic E-state index is 0.00724. The molecule has 5 rings (SSSR count). The number of urea groups is 1. The minimum atomic E-state index is -5.55. The van der Waals surface area contributed by atoms with Gasteiger partial charge in [0.25, 0.3) is 15.7 Å². The van der Waals surface area contributed by atoms with Gasteiger partial charge in [0.05, 0.1) is 21.8 Å². The van der Waals surface area contributed by atoms with Gasteiger partial charge in [0.15, 0.2) is 0 Å². The third kappa shape index (κ3) is 2.96. The van der Waals surface area contributed by atoms with Crippen LogP contribution < -0.4 is 9.80 Å². The lowest BCUT2D eigenvalue weighted by atomic mass is 10.1. The van der Waals surface area contributed by atoms with Crippen molar-refractivity contribution in [1.82, 2.24) is 4.98 Å². The highest BCUT2D eigenvalue weighted by atomic mass is 32.2. The summed E-state index contributed by atoms with van der Waals surface area (Å²) in [6.45, 7) is 3.62. The van der Waals surface area contributed by atoms with Gasteiger partial charge >= 0.3 is 11.5 Å². The van der Waals surface area contributed by atoms with Crippen LogP contribution in [0.25, 0.3) is 10.9 Å². The van der Waals surface area contributed by atoms with E-state index in [4.69, 9.17) is 0 Å². The zero-order valence-electron chi connectivity index (χ0n) is 18.0. The minimum Gasteiger partial charge on any atom is -0.277 e. The predicted molar refractivity (Wildman–Crippen MR) is 118 cm³/mol. The average Bonchev–Trinajstić information content (AvgIpc) is 3.38. The molecule has 1 saturated carbocycles. The van der Waals surface area contributed by atoms with Crippen molar-refractivity contribution in [2.75, 3.05) is 9.80 Å². The summed E-state index contributed by atoms with van der Waals surface area (Å²) in [6, 6.07) is 11.8. The van der Waals surface area contributed by atoms with Crippen LogP contribution in [0.4, 0.5) is 29.3 Å². The molecule has 2 fully saturated rings. The number of rotatable bonds is 3. The number of carbonyl (C=O) groups is 2. The number of benzene rings is 2. The fourth-order valence-electron chi connectivity index (χ4n) is 4.59. The van der Waals surface area contributed by atoms with Crippen LogP contribution in [0.2, 0.25) is 0 Å². The molecule has 2 aromatic carbocycles. The highest BCUT2D eigenvalue weighted by Crippen LogP contribution is 2.56. The van der Waals surface area contributed by atoms with E-state index in [1.165, 1.54) is 4.90 Å². The first kappa shape index (κ1) is 22.3. The number of alkyl halides is 3. The zero-order chi connectivity index (χ0) is 24.6. The Balaban J connectivity index is 1.61. The molecule has 0 radical (unpaired) electrons. The van der Waals surface area contributed by atoms with E-state index in [2.05, 4.69) is 4.98 Å². The number of sulfone groups is 1. The second-order valence-electron chi connectivity index (χ2n) is 8.53. The maximum absolute atomic E-state index is 13.6. The second kappa shape index (κ2) is 7.02. The van der Waals surface area contributed by atoms with Gasteiger partial charge in [-0.2, -0.15) is 13.2 Å². The Morgan fingerprint density at radius 2 is 1.68 bits per heavy atom. The molecule has 1 aromatic heterocycles. The van der Waals surface area contributed by atoms with Crippen LogP contribution in [-0.4, -0.2) is 36.4 Å². The van der Waals surface area contributed by atoms with Crippen LogP contribution in [0.1, 0.15) is 19.0 Å². The van der Waals surface area contributed by atoms with Gasteiger partial charge in [-0.05, 0) is 55.7 Å². The van der Waals surface area contributed by atoms with E-state index in [1.807, 2.05) is 13.0 Å². The molecular weight excluding hydrogens is 471 g/mol. The van der Waals surface area contributed by atoms with Crippen molar-refractivity contribution in [3.8, 4) is 0 Å². The Morgan fingerprint density at radius 1 is 1.06 bits per heavy atom. The first-order valence-corrected chi connectivity index (χ1v) is 11.8. The number of imide groups is 1. The van der Waals surface area contributed by atoms with Crippen LogP contribution in [0, 0.1) is 12.8 Å². The van der Waals surface area contributed by atoms with Crippen LogP contribution in [-0.2, 0) is 14.6 Å². The SMILES string of the molecule is Cc1cc(N2C(=O)N(c3ccc(S(=O)(=O)C(F)(F)F)cc3)C(=O)C23CC3C)c2ccccc2n1. The molecule has 7 nitrogen and oxygen atoms in total. The summed E-state index contributed by atoms with van der Waals surface area (Å²) >= 11 is 0. The van der Waals surface area contributed by atoms with Gasteiger partial charge in [0.2, 0.25) is 0 Å². The summed E-state index contributed by atoms with van der Waals surface area (Å²) in [5.74, 6) is -0.652. The molecule has 2 atom stereocenters. The van der Waals surface area contributed by atoms with Crippen LogP contribution in [0.3, 0.4) is 0 Å². The number of hydrogen-bond donors (Lipinski definition) is 0. The van der Waals surface area contributed by atoms with Crippen molar-refractivity contribution in [3.05, 3.63) is 60.3 Å². The summed E-state index contributed by atoms with van der Waals surface area (Å²) in [5, 5.41) is 0.682. The molecule has 2 aliphatic rings. The molecule has 0 bridgehead atoms. The quantitative estimate of drug-likeness (QED) is 0.503. The van der Waals surface area contributed by atoms with Crippen LogP contribution >= 0.6 is 0 Å². The van der Waals surface area contributed by atoms with E-state index in [-0.39, 0.29) is 11.6 Å². The highest BCUT2D eigenvalue weighted by molar-refractivity contribution is 7.92. The van der Waals surface area contributed by atoms with Crippen molar-refractivity contribution in [1.29, 1.82) is 0 Å². The predicted octanol–water partition coefficient (Wildman–Crippen LogP) is 4.59. The number of carbonyl (C=O) groups excluding carboxylic acids is 2. The largest absolute Gasteiger partial charge is 0.501 e. The highest BCUT2D eigenvalue weighted by Gasteiger charge is 2.70. The maximum atomic E-state index is 13.6. The van der Waals surface area contributed by atoms with Crippen molar-refractivity contribution in [2.45, 2.75) is 36.2 Å². The first-order chi connectivity index (χ1) is 15.9. The molecule has 11 heteroatoms. The van der Waals surface area contributed by atoms with Crippen LogP contribution in [0.15, 0.2) is 59.5 Å². The Bertz CT molecular complexity index is 1470.